The summed E-state index contributed by atoms with van der Waals surface area (Å²) in [5, 5.41) is 12.4. The molecule has 2 heterocycles. The highest BCUT2D eigenvalue weighted by Crippen LogP contribution is 2.11. The lowest BCUT2D eigenvalue weighted by molar-refractivity contribution is 0.0949. The molecule has 7 nitrogen and oxygen atoms in total. The number of pyridine rings is 2. The van der Waals surface area contributed by atoms with E-state index >= 15 is 0 Å². The summed E-state index contributed by atoms with van der Waals surface area (Å²) in [5.41, 5.74) is 0.328. The van der Waals surface area contributed by atoms with E-state index in [4.69, 9.17) is 16.7 Å². The number of carbonyl (C=O) groups is 1. The summed E-state index contributed by atoms with van der Waals surface area (Å²) < 4.78 is 2.85. The average molecular weight is 412 g/mol. The van der Waals surface area contributed by atoms with E-state index in [1.165, 1.54) is 23.9 Å². The highest BCUT2D eigenvalue weighted by atomic mass is 35.5. The lowest BCUT2D eigenvalue weighted by atomic mass is 10.1. The van der Waals surface area contributed by atoms with Crippen LogP contribution < -0.4 is 16.3 Å². The number of nitrogens with one attached hydrogen (secondary N) is 1. The fraction of sp³-hybridized carbons (Fsp3) is 0.190. The Balaban J connectivity index is 2.04. The maximum absolute atomic E-state index is 13.0. The zero-order valence-corrected chi connectivity index (χ0v) is 16.6. The first kappa shape index (κ1) is 20.4. The Kier molecular flexibility index (Phi) is 5.87. The Bertz CT molecular complexity index is 1280. The summed E-state index contributed by atoms with van der Waals surface area (Å²) in [6, 6.07) is 8.35. The van der Waals surface area contributed by atoms with Crippen molar-refractivity contribution in [3.05, 3.63) is 78.8 Å². The smallest absolute Gasteiger partial charge is 0.267 e. The van der Waals surface area contributed by atoms with Crippen LogP contribution in [-0.2, 0) is 20.6 Å². The van der Waals surface area contributed by atoms with E-state index in [9.17, 15) is 14.4 Å². The Labute approximate surface area is 171 Å². The van der Waals surface area contributed by atoms with E-state index in [1.807, 2.05) is 0 Å². The third kappa shape index (κ3) is 4.09. The van der Waals surface area contributed by atoms with Crippen LogP contribution in [0.4, 0.5) is 0 Å². The highest BCUT2D eigenvalue weighted by molar-refractivity contribution is 6.30. The molecule has 2 aromatic heterocycles. The standard InChI is InChI=1S/C21H18ClN3O4/c1-24-12-17(19(28)23-11-13-5-7-15(22)8-6-13)18(27)16-10-14(4-3-9-26)21(29)25(2)20(16)24/h5-8,10,12,26H,9,11H2,1-2H3,(H,23,28). The van der Waals surface area contributed by atoms with E-state index in [2.05, 4.69) is 17.2 Å². The number of rotatable bonds is 3. The van der Waals surface area contributed by atoms with E-state index in [0.29, 0.717) is 10.7 Å². The SMILES string of the molecule is Cn1cc(C(=O)NCc2ccc(Cl)cc2)c(=O)c2cc(C#CCO)c(=O)n(C)c21. The minimum atomic E-state index is -0.528. The van der Waals surface area contributed by atoms with Crippen LogP contribution in [-0.4, -0.2) is 26.8 Å². The predicted octanol–water partition coefficient (Wildman–Crippen LogP) is 1.16. The van der Waals surface area contributed by atoms with Crippen molar-refractivity contribution in [1.29, 1.82) is 0 Å². The van der Waals surface area contributed by atoms with Crippen LogP contribution in [0.25, 0.3) is 11.0 Å². The molecule has 0 bridgehead atoms. The van der Waals surface area contributed by atoms with Crippen molar-refractivity contribution in [1.82, 2.24) is 14.5 Å². The first-order valence-corrected chi connectivity index (χ1v) is 9.07. The first-order valence-electron chi connectivity index (χ1n) is 8.69. The maximum Gasteiger partial charge on any atom is 0.267 e. The summed E-state index contributed by atoms with van der Waals surface area (Å²) in [6.07, 6.45) is 1.40. The molecule has 0 saturated heterocycles. The third-order valence-corrected chi connectivity index (χ3v) is 4.69. The van der Waals surface area contributed by atoms with Gasteiger partial charge in [0.25, 0.3) is 11.5 Å². The van der Waals surface area contributed by atoms with Gasteiger partial charge in [-0.1, -0.05) is 35.6 Å². The Hall–Kier alpha value is -3.34. The average Bonchev–Trinajstić information content (AvgIpc) is 2.71. The quantitative estimate of drug-likeness (QED) is 0.632. The predicted molar refractivity (Wildman–Crippen MR) is 111 cm³/mol. The summed E-state index contributed by atoms with van der Waals surface area (Å²) in [5.74, 6) is 4.43. The van der Waals surface area contributed by atoms with Crippen LogP contribution in [0.1, 0.15) is 21.5 Å². The fourth-order valence-electron chi connectivity index (χ4n) is 3.05. The molecular formula is C21H18ClN3O4. The molecule has 0 saturated carbocycles. The molecule has 0 spiro atoms. The summed E-state index contributed by atoms with van der Waals surface area (Å²) in [6.45, 7) is -0.177. The van der Waals surface area contributed by atoms with E-state index in [-0.39, 0.29) is 23.1 Å². The molecule has 1 aromatic carbocycles. The molecule has 0 aliphatic carbocycles. The number of amides is 1. The number of hydrogen-bond acceptors (Lipinski definition) is 4. The van der Waals surface area contributed by atoms with Gasteiger partial charge in [0.15, 0.2) is 0 Å². The number of aliphatic hydroxyl groups is 1. The van der Waals surface area contributed by atoms with Crippen LogP contribution in [0.15, 0.2) is 46.1 Å². The van der Waals surface area contributed by atoms with Crippen molar-refractivity contribution in [3.63, 3.8) is 0 Å². The highest BCUT2D eigenvalue weighted by Gasteiger charge is 2.17. The molecule has 1 amide bonds. The van der Waals surface area contributed by atoms with Gasteiger partial charge in [-0.25, -0.2) is 0 Å². The lowest BCUT2D eigenvalue weighted by Gasteiger charge is -2.13. The molecule has 3 aromatic rings. The van der Waals surface area contributed by atoms with Crippen LogP contribution in [0.2, 0.25) is 5.02 Å². The van der Waals surface area contributed by atoms with Gasteiger partial charge in [-0.15, -0.1) is 0 Å². The lowest BCUT2D eigenvalue weighted by Crippen LogP contribution is -2.31. The summed E-state index contributed by atoms with van der Waals surface area (Å²) in [7, 11) is 3.17. The van der Waals surface area contributed by atoms with Crippen LogP contribution in [0.5, 0.6) is 0 Å². The van der Waals surface area contributed by atoms with Gasteiger partial charge in [0.05, 0.1) is 10.9 Å². The van der Waals surface area contributed by atoms with Crippen LogP contribution >= 0.6 is 11.6 Å². The second kappa shape index (κ2) is 8.35. The number of aromatic nitrogens is 2. The number of aliphatic hydroxyl groups excluding tert-OH is 1. The zero-order chi connectivity index (χ0) is 21.1. The Morgan fingerprint density at radius 3 is 2.55 bits per heavy atom. The first-order chi connectivity index (χ1) is 13.8. The third-order valence-electron chi connectivity index (χ3n) is 4.44. The van der Waals surface area contributed by atoms with E-state index < -0.39 is 23.5 Å². The molecule has 0 radical (unpaired) electrons. The van der Waals surface area contributed by atoms with Crippen molar-refractivity contribution in [3.8, 4) is 11.8 Å². The molecule has 0 atom stereocenters. The van der Waals surface area contributed by atoms with Crippen molar-refractivity contribution < 1.29 is 9.90 Å². The topological polar surface area (TPSA) is 93.3 Å². The van der Waals surface area contributed by atoms with Crippen molar-refractivity contribution in [2.75, 3.05) is 6.61 Å². The van der Waals surface area contributed by atoms with Gasteiger partial charge < -0.3 is 15.0 Å². The maximum atomic E-state index is 13.0. The number of carbonyl (C=O) groups excluding carboxylic acids is 1. The fourth-order valence-corrected chi connectivity index (χ4v) is 3.17. The number of hydrogen-bond donors (Lipinski definition) is 2. The van der Waals surface area contributed by atoms with Gasteiger partial charge in [-0.05, 0) is 23.8 Å². The van der Waals surface area contributed by atoms with Gasteiger partial charge in [-0.2, -0.15) is 0 Å². The van der Waals surface area contributed by atoms with Crippen LogP contribution in [0.3, 0.4) is 0 Å². The van der Waals surface area contributed by atoms with E-state index in [1.54, 1.807) is 35.9 Å². The van der Waals surface area contributed by atoms with Gasteiger partial charge in [0.2, 0.25) is 5.43 Å². The summed E-state index contributed by atoms with van der Waals surface area (Å²) >= 11 is 5.85. The van der Waals surface area contributed by atoms with Gasteiger partial charge >= 0.3 is 0 Å². The molecule has 148 valence electrons. The minimum Gasteiger partial charge on any atom is -0.384 e. The molecule has 0 aliphatic rings. The molecule has 29 heavy (non-hydrogen) atoms. The molecule has 3 rings (SSSR count). The zero-order valence-electron chi connectivity index (χ0n) is 15.8. The number of benzene rings is 1. The number of aryl methyl sites for hydroxylation is 2. The Morgan fingerprint density at radius 1 is 1.21 bits per heavy atom. The Morgan fingerprint density at radius 2 is 1.90 bits per heavy atom. The minimum absolute atomic E-state index is 0.0475. The number of fused-ring (bicyclic) bond motifs is 1. The molecule has 0 unspecified atom stereocenters. The van der Waals surface area contributed by atoms with Crippen molar-refractivity contribution >= 4 is 28.5 Å². The van der Waals surface area contributed by atoms with Gasteiger partial charge in [-0.3, -0.25) is 19.0 Å². The van der Waals surface area contributed by atoms with Gasteiger partial charge in [0.1, 0.15) is 17.8 Å². The summed E-state index contributed by atoms with van der Waals surface area (Å²) in [4.78, 5) is 38.0. The largest absolute Gasteiger partial charge is 0.384 e. The van der Waals surface area contributed by atoms with Crippen molar-refractivity contribution in [2.24, 2.45) is 14.1 Å². The molecule has 2 N–H and O–H groups in total. The molecule has 0 aliphatic heterocycles. The normalized spacial score (nSPS) is 10.5. The van der Waals surface area contributed by atoms with Crippen LogP contribution in [0, 0.1) is 11.8 Å². The monoisotopic (exact) mass is 411 g/mol. The molecule has 0 fully saturated rings. The van der Waals surface area contributed by atoms with E-state index in [0.717, 1.165) is 5.56 Å². The molecular weight excluding hydrogens is 394 g/mol. The van der Waals surface area contributed by atoms with Crippen molar-refractivity contribution in [2.45, 2.75) is 6.54 Å². The second-order valence-electron chi connectivity index (χ2n) is 6.41. The molecule has 8 heteroatoms. The second-order valence-corrected chi connectivity index (χ2v) is 6.85. The number of nitrogens with zero attached hydrogens (tertiary/aromatic N) is 2. The van der Waals surface area contributed by atoms with Gasteiger partial charge in [0, 0.05) is 31.9 Å². The number of halogens is 1.